The van der Waals surface area contributed by atoms with Gasteiger partial charge >= 0.3 is 5.97 Å². The number of aromatic carboxylic acids is 1. The number of rotatable bonds is 5. The third-order valence-electron chi connectivity index (χ3n) is 4.31. The topological polar surface area (TPSA) is 102 Å². The first-order valence-corrected chi connectivity index (χ1v) is 8.52. The summed E-state index contributed by atoms with van der Waals surface area (Å²) in [7, 11) is 1.61. The van der Waals surface area contributed by atoms with Crippen molar-refractivity contribution in [2.24, 2.45) is 0 Å². The average molecular weight is 375 g/mol. The first-order valence-electron chi connectivity index (χ1n) is 8.52. The molecule has 0 aliphatic heterocycles. The van der Waals surface area contributed by atoms with Crippen LogP contribution in [0.4, 0.5) is 11.5 Å². The van der Waals surface area contributed by atoms with Gasteiger partial charge in [-0.25, -0.2) is 19.3 Å². The number of imidazole rings is 1. The molecule has 0 unspecified atom stereocenters. The summed E-state index contributed by atoms with van der Waals surface area (Å²) in [6.07, 6.45) is 3.42. The molecule has 0 amide bonds. The zero-order valence-electron chi connectivity index (χ0n) is 15.2. The van der Waals surface area contributed by atoms with E-state index >= 15 is 0 Å². The largest absolute Gasteiger partial charge is 0.495 e. The molecule has 140 valence electrons. The van der Waals surface area contributed by atoms with Crippen molar-refractivity contribution in [3.8, 4) is 17.0 Å². The molecule has 0 saturated heterocycles. The fourth-order valence-electron chi connectivity index (χ4n) is 2.90. The van der Waals surface area contributed by atoms with E-state index in [0.29, 0.717) is 22.9 Å². The normalized spacial score (nSPS) is 10.8. The highest BCUT2D eigenvalue weighted by Crippen LogP contribution is 2.27. The minimum atomic E-state index is -0.965. The Labute approximate surface area is 160 Å². The van der Waals surface area contributed by atoms with E-state index in [1.165, 1.54) is 0 Å². The number of hydrogen-bond donors (Lipinski definition) is 2. The number of fused-ring (bicyclic) bond motifs is 1. The number of ether oxygens (including phenoxy) is 1. The fourth-order valence-corrected chi connectivity index (χ4v) is 2.90. The second-order valence-corrected chi connectivity index (χ2v) is 6.13. The van der Waals surface area contributed by atoms with Crippen molar-refractivity contribution in [3.05, 3.63) is 66.1 Å². The van der Waals surface area contributed by atoms with Crippen molar-refractivity contribution in [1.29, 1.82) is 0 Å². The number of methoxy groups -OCH3 is 1. The van der Waals surface area contributed by atoms with Gasteiger partial charge in [0.1, 0.15) is 11.6 Å². The summed E-state index contributed by atoms with van der Waals surface area (Å²) in [5, 5.41) is 16.9. The van der Waals surface area contributed by atoms with Crippen molar-refractivity contribution in [2.75, 3.05) is 12.4 Å². The molecule has 0 bridgehead atoms. The Morgan fingerprint density at radius 2 is 1.96 bits per heavy atom. The number of benzene rings is 1. The summed E-state index contributed by atoms with van der Waals surface area (Å²) in [4.78, 5) is 19.9. The summed E-state index contributed by atoms with van der Waals surface area (Å²) < 4.78 is 6.92. The third-order valence-corrected chi connectivity index (χ3v) is 4.31. The van der Waals surface area contributed by atoms with Crippen molar-refractivity contribution < 1.29 is 14.6 Å². The number of nitrogens with zero attached hydrogens (tertiary/aromatic N) is 4. The summed E-state index contributed by atoms with van der Waals surface area (Å²) in [5.74, 6) is 0.403. The van der Waals surface area contributed by atoms with Crippen LogP contribution in [0.3, 0.4) is 0 Å². The molecule has 0 atom stereocenters. The number of carboxylic acid groups (broad SMARTS) is 1. The minimum absolute atomic E-state index is 0.226. The highest BCUT2D eigenvalue weighted by Gasteiger charge is 2.11. The lowest BCUT2D eigenvalue weighted by Gasteiger charge is -2.11. The van der Waals surface area contributed by atoms with Crippen LogP contribution >= 0.6 is 0 Å². The van der Waals surface area contributed by atoms with Crippen molar-refractivity contribution in [3.63, 3.8) is 0 Å². The van der Waals surface area contributed by atoms with E-state index in [2.05, 4.69) is 20.4 Å². The molecule has 4 aromatic rings. The van der Waals surface area contributed by atoms with Crippen molar-refractivity contribution in [2.45, 2.75) is 6.92 Å². The highest BCUT2D eigenvalue weighted by molar-refractivity contribution is 5.88. The van der Waals surface area contributed by atoms with E-state index in [0.717, 1.165) is 16.9 Å². The van der Waals surface area contributed by atoms with E-state index in [1.54, 1.807) is 48.3 Å². The fraction of sp³-hybridized carbons (Fsp3) is 0.100. The first-order chi connectivity index (χ1) is 13.5. The number of carboxylic acids is 1. The highest BCUT2D eigenvalue weighted by atomic mass is 16.5. The van der Waals surface area contributed by atoms with Crippen LogP contribution in [0.2, 0.25) is 0 Å². The summed E-state index contributed by atoms with van der Waals surface area (Å²) in [6, 6.07) is 12.1. The van der Waals surface area contributed by atoms with Crippen LogP contribution in [-0.2, 0) is 0 Å². The molecule has 8 nitrogen and oxygen atoms in total. The van der Waals surface area contributed by atoms with Gasteiger partial charge in [0.05, 0.1) is 29.7 Å². The van der Waals surface area contributed by atoms with Crippen LogP contribution < -0.4 is 10.1 Å². The smallest absolute Gasteiger partial charge is 0.335 e. The Kier molecular flexibility index (Phi) is 4.36. The second-order valence-electron chi connectivity index (χ2n) is 6.13. The minimum Gasteiger partial charge on any atom is -0.495 e. The molecule has 28 heavy (non-hydrogen) atoms. The number of aromatic nitrogens is 4. The predicted molar refractivity (Wildman–Crippen MR) is 104 cm³/mol. The van der Waals surface area contributed by atoms with Crippen LogP contribution in [-0.4, -0.2) is 37.8 Å². The predicted octanol–water partition coefficient (Wildman–Crippen LogP) is 3.55. The van der Waals surface area contributed by atoms with Gasteiger partial charge in [0, 0.05) is 18.0 Å². The van der Waals surface area contributed by atoms with Gasteiger partial charge in [-0.1, -0.05) is 12.1 Å². The average Bonchev–Trinajstić information content (AvgIpc) is 3.17. The molecule has 0 fully saturated rings. The molecule has 0 spiro atoms. The van der Waals surface area contributed by atoms with Crippen LogP contribution in [0.1, 0.15) is 16.1 Å². The maximum atomic E-state index is 11.1. The molecule has 4 rings (SSSR count). The Morgan fingerprint density at radius 3 is 2.64 bits per heavy atom. The van der Waals surface area contributed by atoms with Crippen LogP contribution in [0.25, 0.3) is 16.9 Å². The molecule has 3 heterocycles. The monoisotopic (exact) mass is 375 g/mol. The maximum Gasteiger partial charge on any atom is 0.335 e. The number of pyridine rings is 1. The molecule has 2 N–H and O–H groups in total. The number of hydrogen-bond acceptors (Lipinski definition) is 6. The Morgan fingerprint density at radius 1 is 1.18 bits per heavy atom. The van der Waals surface area contributed by atoms with Crippen molar-refractivity contribution >= 4 is 23.1 Å². The lowest BCUT2D eigenvalue weighted by atomic mass is 10.1. The van der Waals surface area contributed by atoms with Gasteiger partial charge in [0.15, 0.2) is 5.65 Å². The molecule has 0 aliphatic rings. The van der Waals surface area contributed by atoms with Gasteiger partial charge in [-0.15, -0.1) is 0 Å². The van der Waals surface area contributed by atoms with Gasteiger partial charge in [-0.2, -0.15) is 5.10 Å². The summed E-state index contributed by atoms with van der Waals surface area (Å²) in [6.45, 7) is 1.87. The number of nitrogens with one attached hydrogen (secondary N) is 1. The second kappa shape index (κ2) is 6.99. The van der Waals surface area contributed by atoms with Crippen LogP contribution in [0.5, 0.6) is 5.75 Å². The molecule has 0 aliphatic carbocycles. The maximum absolute atomic E-state index is 11.1. The van der Waals surface area contributed by atoms with Gasteiger partial charge in [0.2, 0.25) is 0 Å². The standard InChI is InChI=1S/C20H17N5O3/c1-12-17(28-2)7-8-18(22-12)23-16-11-15(24-25-10-9-21-19(16)25)13-3-5-14(6-4-13)20(26)27/h3-11H,1-2H3,(H,22,23)(H,26,27). The van der Waals surface area contributed by atoms with E-state index in [4.69, 9.17) is 9.84 Å². The van der Waals surface area contributed by atoms with E-state index in [-0.39, 0.29) is 5.56 Å². The SMILES string of the molecule is COc1ccc(Nc2cc(-c3ccc(C(=O)O)cc3)nn3ccnc23)nc1C. The molecular formula is C20H17N5O3. The van der Waals surface area contributed by atoms with Crippen LogP contribution in [0.15, 0.2) is 54.9 Å². The Bertz CT molecular complexity index is 1170. The van der Waals surface area contributed by atoms with Gasteiger partial charge in [0.25, 0.3) is 0 Å². The molecule has 1 aromatic carbocycles. The molecule has 8 heteroatoms. The van der Waals surface area contributed by atoms with E-state index in [1.807, 2.05) is 25.1 Å². The summed E-state index contributed by atoms with van der Waals surface area (Å²) in [5.41, 5.74) is 3.85. The lowest BCUT2D eigenvalue weighted by Crippen LogP contribution is -2.02. The molecule has 3 aromatic heterocycles. The Hall–Kier alpha value is -3.94. The van der Waals surface area contributed by atoms with Gasteiger partial charge in [-0.05, 0) is 37.3 Å². The molecule has 0 radical (unpaired) electrons. The van der Waals surface area contributed by atoms with Gasteiger partial charge in [-0.3, -0.25) is 0 Å². The molecule has 0 saturated carbocycles. The zero-order valence-corrected chi connectivity index (χ0v) is 15.2. The Balaban J connectivity index is 1.75. The molecular weight excluding hydrogens is 358 g/mol. The third kappa shape index (κ3) is 3.23. The van der Waals surface area contributed by atoms with E-state index < -0.39 is 5.97 Å². The number of carbonyl (C=O) groups is 1. The quantitative estimate of drug-likeness (QED) is 0.550. The number of anilines is 2. The van der Waals surface area contributed by atoms with Crippen molar-refractivity contribution in [1.82, 2.24) is 19.6 Å². The summed E-state index contributed by atoms with van der Waals surface area (Å²) >= 11 is 0. The number of aryl methyl sites for hydroxylation is 1. The van der Waals surface area contributed by atoms with E-state index in [9.17, 15) is 4.79 Å². The lowest BCUT2D eigenvalue weighted by molar-refractivity contribution is 0.0697. The van der Waals surface area contributed by atoms with Crippen LogP contribution in [0, 0.1) is 6.92 Å². The zero-order chi connectivity index (χ0) is 19.7. The first kappa shape index (κ1) is 17.5. The van der Waals surface area contributed by atoms with Gasteiger partial charge < -0.3 is 15.2 Å².